The van der Waals surface area contributed by atoms with Crippen LogP contribution < -0.4 is 4.90 Å². The minimum Gasteiger partial charge on any atom is -0.481 e. The van der Waals surface area contributed by atoms with Gasteiger partial charge in [-0.3, -0.25) is 9.59 Å². The quantitative estimate of drug-likeness (QED) is 0.870. The smallest absolute Gasteiger partial charge is 0.311 e. The topological polar surface area (TPSA) is 91.6 Å². The van der Waals surface area contributed by atoms with E-state index >= 15 is 0 Å². The monoisotopic (exact) mass is 319 g/mol. The molecule has 1 saturated heterocycles. The molecule has 0 spiro atoms. The summed E-state index contributed by atoms with van der Waals surface area (Å²) in [7, 11) is 1.85. The molecule has 0 saturated carbocycles. The van der Waals surface area contributed by atoms with Gasteiger partial charge in [-0.2, -0.15) is 10.1 Å². The molecule has 8 heteroatoms. The number of hydrogen-bond acceptors (Lipinski definition) is 5. The molecule has 3 heterocycles. The standard InChI is InChI=1S/C15H21N5O3/c1-9-11(10(2)20-14(18(9)4)16-8-17-20)12(21)19-6-5-15(3,7-19)13(22)23/h8,10H,5-7H2,1-4H3,(H,22,23). The molecule has 2 atom stereocenters. The number of likely N-dealkylation sites (tertiary alicyclic amines) is 1. The number of fused-ring (bicyclic) bond motifs is 1. The summed E-state index contributed by atoms with van der Waals surface area (Å²) in [6, 6.07) is -0.229. The van der Waals surface area contributed by atoms with Gasteiger partial charge in [0.2, 0.25) is 5.95 Å². The lowest BCUT2D eigenvalue weighted by Gasteiger charge is -2.33. The van der Waals surface area contributed by atoms with E-state index < -0.39 is 11.4 Å². The molecular formula is C15H21N5O3. The van der Waals surface area contributed by atoms with Crippen molar-refractivity contribution in [2.24, 2.45) is 5.41 Å². The van der Waals surface area contributed by atoms with Gasteiger partial charge in [0.05, 0.1) is 17.0 Å². The van der Waals surface area contributed by atoms with Gasteiger partial charge in [-0.05, 0) is 27.2 Å². The number of aromatic nitrogens is 3. The van der Waals surface area contributed by atoms with E-state index in [0.717, 1.165) is 5.70 Å². The van der Waals surface area contributed by atoms with Crippen molar-refractivity contribution < 1.29 is 14.7 Å². The number of carboxylic acid groups (broad SMARTS) is 1. The molecule has 1 aromatic rings. The fourth-order valence-corrected chi connectivity index (χ4v) is 3.33. The lowest BCUT2D eigenvalue weighted by molar-refractivity contribution is -0.147. The molecule has 2 aliphatic heterocycles. The van der Waals surface area contributed by atoms with Crippen LogP contribution in [0.2, 0.25) is 0 Å². The number of anilines is 1. The lowest BCUT2D eigenvalue weighted by atomic mass is 9.90. The van der Waals surface area contributed by atoms with Gasteiger partial charge in [0, 0.05) is 25.8 Å². The molecular weight excluding hydrogens is 298 g/mol. The van der Waals surface area contributed by atoms with Crippen molar-refractivity contribution in [1.82, 2.24) is 19.7 Å². The Morgan fingerprint density at radius 3 is 2.74 bits per heavy atom. The van der Waals surface area contributed by atoms with E-state index in [1.807, 2.05) is 25.8 Å². The van der Waals surface area contributed by atoms with Gasteiger partial charge in [0.25, 0.3) is 5.91 Å². The van der Waals surface area contributed by atoms with Crippen LogP contribution in [0.3, 0.4) is 0 Å². The Morgan fingerprint density at radius 1 is 1.43 bits per heavy atom. The molecule has 1 fully saturated rings. The van der Waals surface area contributed by atoms with Crippen LogP contribution in [-0.4, -0.2) is 56.8 Å². The summed E-state index contributed by atoms with van der Waals surface area (Å²) in [5.41, 5.74) is 0.596. The number of aliphatic carboxylic acids is 1. The summed E-state index contributed by atoms with van der Waals surface area (Å²) in [5, 5.41) is 13.6. The lowest BCUT2D eigenvalue weighted by Crippen LogP contribution is -2.40. The molecule has 0 bridgehead atoms. The minimum absolute atomic E-state index is 0.118. The van der Waals surface area contributed by atoms with Crippen molar-refractivity contribution >= 4 is 17.8 Å². The second-order valence-electron chi connectivity index (χ2n) is 6.58. The molecule has 23 heavy (non-hydrogen) atoms. The van der Waals surface area contributed by atoms with Crippen LogP contribution >= 0.6 is 0 Å². The maximum Gasteiger partial charge on any atom is 0.311 e. The van der Waals surface area contributed by atoms with Crippen molar-refractivity contribution in [2.75, 3.05) is 25.0 Å². The van der Waals surface area contributed by atoms with Crippen LogP contribution in [0.15, 0.2) is 17.6 Å². The van der Waals surface area contributed by atoms with Gasteiger partial charge in [-0.25, -0.2) is 4.68 Å². The molecule has 0 aromatic carbocycles. The molecule has 0 aliphatic carbocycles. The number of hydrogen-bond donors (Lipinski definition) is 1. The predicted octanol–water partition coefficient (Wildman–Crippen LogP) is 0.886. The first-order chi connectivity index (χ1) is 10.8. The normalized spacial score (nSPS) is 27.4. The summed E-state index contributed by atoms with van der Waals surface area (Å²) >= 11 is 0. The third-order valence-electron chi connectivity index (χ3n) is 5.04. The van der Waals surface area contributed by atoms with E-state index in [9.17, 15) is 14.7 Å². The molecule has 8 nitrogen and oxygen atoms in total. The van der Waals surface area contributed by atoms with Crippen LogP contribution in [-0.2, 0) is 9.59 Å². The van der Waals surface area contributed by atoms with Gasteiger partial charge in [-0.1, -0.05) is 0 Å². The van der Waals surface area contributed by atoms with Gasteiger partial charge in [0.15, 0.2) is 0 Å². The fourth-order valence-electron chi connectivity index (χ4n) is 3.33. The maximum absolute atomic E-state index is 13.0. The first-order valence-corrected chi connectivity index (χ1v) is 7.63. The first-order valence-electron chi connectivity index (χ1n) is 7.63. The van der Waals surface area contributed by atoms with Crippen LogP contribution in [0.1, 0.15) is 33.2 Å². The Kier molecular flexibility index (Phi) is 3.42. The Morgan fingerprint density at radius 2 is 2.13 bits per heavy atom. The van der Waals surface area contributed by atoms with Crippen molar-refractivity contribution in [1.29, 1.82) is 0 Å². The largest absolute Gasteiger partial charge is 0.481 e. The number of carboxylic acids is 1. The molecule has 1 amide bonds. The number of allylic oxidation sites excluding steroid dienone is 1. The Bertz CT molecular complexity index is 710. The summed E-state index contributed by atoms with van der Waals surface area (Å²) in [4.78, 5) is 32.1. The van der Waals surface area contributed by atoms with Crippen LogP contribution in [0.4, 0.5) is 5.95 Å². The van der Waals surface area contributed by atoms with Crippen molar-refractivity contribution in [3.05, 3.63) is 17.6 Å². The summed E-state index contributed by atoms with van der Waals surface area (Å²) in [6.07, 6.45) is 1.94. The predicted molar refractivity (Wildman–Crippen MR) is 82.8 cm³/mol. The molecule has 2 aliphatic rings. The summed E-state index contributed by atoms with van der Waals surface area (Å²) in [5.74, 6) is -0.276. The SMILES string of the molecule is CC1=C(C(=O)N2CCC(C)(C(=O)O)C2)C(C)n2ncnc2N1C. The van der Waals surface area contributed by atoms with E-state index in [-0.39, 0.29) is 18.5 Å². The van der Waals surface area contributed by atoms with Gasteiger partial charge >= 0.3 is 5.97 Å². The molecule has 1 N–H and O–H groups in total. The van der Waals surface area contributed by atoms with Crippen molar-refractivity contribution in [3.8, 4) is 0 Å². The molecule has 2 unspecified atom stereocenters. The summed E-state index contributed by atoms with van der Waals surface area (Å²) in [6.45, 7) is 6.18. The fraction of sp³-hybridized carbons (Fsp3) is 0.600. The van der Waals surface area contributed by atoms with Gasteiger partial charge in [0.1, 0.15) is 6.33 Å². The van der Waals surface area contributed by atoms with Gasteiger partial charge in [-0.15, -0.1) is 0 Å². The minimum atomic E-state index is -0.869. The summed E-state index contributed by atoms with van der Waals surface area (Å²) < 4.78 is 1.71. The number of carbonyl (C=O) groups is 2. The van der Waals surface area contributed by atoms with Crippen LogP contribution in [0.25, 0.3) is 0 Å². The zero-order valence-electron chi connectivity index (χ0n) is 13.8. The van der Waals surface area contributed by atoms with E-state index in [2.05, 4.69) is 10.1 Å². The van der Waals surface area contributed by atoms with Crippen molar-refractivity contribution in [2.45, 2.75) is 33.2 Å². The van der Waals surface area contributed by atoms with Gasteiger partial charge < -0.3 is 14.9 Å². The third kappa shape index (κ3) is 2.20. The maximum atomic E-state index is 13.0. The molecule has 3 rings (SSSR count). The average molecular weight is 319 g/mol. The zero-order chi connectivity index (χ0) is 16.9. The number of rotatable bonds is 2. The second-order valence-corrected chi connectivity index (χ2v) is 6.58. The molecule has 1 aromatic heterocycles. The van der Waals surface area contributed by atoms with E-state index in [1.165, 1.54) is 6.33 Å². The van der Waals surface area contributed by atoms with E-state index in [4.69, 9.17) is 0 Å². The average Bonchev–Trinajstić information content (AvgIpc) is 3.12. The first kappa shape index (κ1) is 15.5. The second kappa shape index (κ2) is 5.07. The van der Waals surface area contributed by atoms with E-state index in [0.29, 0.717) is 24.5 Å². The molecule has 0 radical (unpaired) electrons. The number of nitrogens with zero attached hydrogens (tertiary/aromatic N) is 5. The van der Waals surface area contributed by atoms with Crippen LogP contribution in [0, 0.1) is 5.41 Å². The number of amides is 1. The Balaban J connectivity index is 1.91. The highest BCUT2D eigenvalue weighted by Gasteiger charge is 2.44. The van der Waals surface area contributed by atoms with E-state index in [1.54, 1.807) is 16.5 Å². The highest BCUT2D eigenvalue weighted by Crippen LogP contribution is 2.36. The van der Waals surface area contributed by atoms with Crippen LogP contribution in [0.5, 0.6) is 0 Å². The third-order valence-corrected chi connectivity index (χ3v) is 5.04. The Hall–Kier alpha value is -2.38. The highest BCUT2D eigenvalue weighted by molar-refractivity contribution is 5.96. The number of carbonyl (C=O) groups excluding carboxylic acids is 1. The molecule has 124 valence electrons. The zero-order valence-corrected chi connectivity index (χ0v) is 13.8. The highest BCUT2D eigenvalue weighted by atomic mass is 16.4. The van der Waals surface area contributed by atoms with Crippen molar-refractivity contribution in [3.63, 3.8) is 0 Å². The Labute approximate surface area is 134 Å².